The largest absolute Gasteiger partial charge is 0.493 e. The number of carbonyl (C=O) groups excluding carboxylic acids is 2. The second-order valence-corrected chi connectivity index (χ2v) is 5.02. The first kappa shape index (κ1) is 16.8. The first-order valence-corrected chi connectivity index (χ1v) is 7.36. The molecule has 0 heterocycles. The van der Waals surface area contributed by atoms with E-state index in [1.807, 2.05) is 0 Å². The van der Waals surface area contributed by atoms with E-state index in [4.69, 9.17) is 21.1 Å². The molecule has 0 unspecified atom stereocenters. The summed E-state index contributed by atoms with van der Waals surface area (Å²) in [6, 6.07) is 13.6. The van der Waals surface area contributed by atoms with Crippen LogP contribution in [0.5, 0.6) is 11.5 Å². The van der Waals surface area contributed by atoms with Crippen molar-refractivity contribution in [3.8, 4) is 11.5 Å². The van der Waals surface area contributed by atoms with Crippen molar-refractivity contribution in [2.24, 2.45) is 0 Å². The van der Waals surface area contributed by atoms with Crippen molar-refractivity contribution in [2.45, 2.75) is 6.42 Å². The Bertz CT molecular complexity index is 702. The molecule has 1 N–H and O–H groups in total. The number of hydrogen-bond donors (Lipinski definition) is 1. The molecule has 6 heteroatoms. The zero-order chi connectivity index (χ0) is 16.7. The number of benzene rings is 2. The van der Waals surface area contributed by atoms with Crippen LogP contribution in [0.25, 0.3) is 0 Å². The maximum atomic E-state index is 11.9. The lowest BCUT2D eigenvalue weighted by Crippen LogP contribution is -2.27. The number of nitrogens with one attached hydrogen (secondary N) is 1. The average Bonchev–Trinajstić information content (AvgIpc) is 2.55. The summed E-state index contributed by atoms with van der Waals surface area (Å²) in [5, 5.41) is 2.99. The Morgan fingerprint density at radius 1 is 1.04 bits per heavy atom. The van der Waals surface area contributed by atoms with E-state index in [1.54, 1.807) is 48.5 Å². The third-order valence-corrected chi connectivity index (χ3v) is 3.36. The number of ether oxygens (including phenoxy) is 2. The number of amides is 1. The molecule has 0 saturated carbocycles. The fourth-order valence-electron chi connectivity index (χ4n) is 1.90. The average molecular weight is 334 g/mol. The summed E-state index contributed by atoms with van der Waals surface area (Å²) in [7, 11) is 1.50. The molecule has 0 aromatic heterocycles. The molecule has 1 amide bonds. The van der Waals surface area contributed by atoms with Crippen LogP contribution in [0.15, 0.2) is 48.5 Å². The molecule has 0 atom stereocenters. The molecule has 2 aromatic carbocycles. The molecule has 0 aliphatic carbocycles. The summed E-state index contributed by atoms with van der Waals surface area (Å²) >= 11 is 5.93. The quantitative estimate of drug-likeness (QED) is 0.651. The van der Waals surface area contributed by atoms with E-state index in [9.17, 15) is 9.59 Å². The lowest BCUT2D eigenvalue weighted by Gasteiger charge is -2.09. The van der Waals surface area contributed by atoms with Gasteiger partial charge >= 0.3 is 5.97 Å². The second-order valence-electron chi connectivity index (χ2n) is 4.61. The minimum absolute atomic E-state index is 0.0360. The Morgan fingerprint density at radius 3 is 2.39 bits per heavy atom. The van der Waals surface area contributed by atoms with Gasteiger partial charge < -0.3 is 14.8 Å². The Kier molecular flexibility index (Phi) is 6.00. The molecule has 0 aliphatic heterocycles. The summed E-state index contributed by atoms with van der Waals surface area (Å²) in [4.78, 5) is 23.7. The highest BCUT2D eigenvalue weighted by Gasteiger charge is 2.12. The van der Waals surface area contributed by atoms with E-state index in [1.165, 1.54) is 7.11 Å². The maximum Gasteiger partial charge on any atom is 0.313 e. The molecule has 23 heavy (non-hydrogen) atoms. The highest BCUT2D eigenvalue weighted by Crippen LogP contribution is 2.26. The van der Waals surface area contributed by atoms with Gasteiger partial charge in [0, 0.05) is 6.54 Å². The Hall–Kier alpha value is -2.53. The zero-order valence-electron chi connectivity index (χ0n) is 12.5. The van der Waals surface area contributed by atoms with E-state index < -0.39 is 5.97 Å². The van der Waals surface area contributed by atoms with E-state index in [0.29, 0.717) is 22.1 Å². The monoisotopic (exact) mass is 333 g/mol. The number of halogens is 1. The van der Waals surface area contributed by atoms with Crippen LogP contribution in [0.1, 0.15) is 16.8 Å². The molecule has 5 nitrogen and oxygen atoms in total. The number of rotatable bonds is 6. The predicted molar refractivity (Wildman–Crippen MR) is 87.0 cm³/mol. The third kappa shape index (κ3) is 4.72. The van der Waals surface area contributed by atoms with Crippen LogP contribution < -0.4 is 14.8 Å². The second kappa shape index (κ2) is 8.19. The van der Waals surface area contributed by atoms with Crippen molar-refractivity contribution < 1.29 is 19.1 Å². The van der Waals surface area contributed by atoms with Gasteiger partial charge in [-0.05, 0) is 24.3 Å². The zero-order valence-corrected chi connectivity index (χ0v) is 13.3. The lowest BCUT2D eigenvalue weighted by atomic mass is 10.2. The van der Waals surface area contributed by atoms with Crippen LogP contribution >= 0.6 is 11.6 Å². The van der Waals surface area contributed by atoms with Crippen molar-refractivity contribution in [1.29, 1.82) is 0 Å². The van der Waals surface area contributed by atoms with Gasteiger partial charge in [0.2, 0.25) is 0 Å². The molecule has 0 saturated heterocycles. The van der Waals surface area contributed by atoms with Crippen LogP contribution in [0, 0.1) is 0 Å². The minimum atomic E-state index is -0.464. The molecule has 120 valence electrons. The van der Waals surface area contributed by atoms with Gasteiger partial charge in [-0.15, -0.1) is 0 Å². The van der Waals surface area contributed by atoms with E-state index in [-0.39, 0.29) is 18.9 Å². The topological polar surface area (TPSA) is 64.6 Å². The number of esters is 1. The lowest BCUT2D eigenvalue weighted by molar-refractivity contribution is -0.134. The highest BCUT2D eigenvalue weighted by molar-refractivity contribution is 6.33. The first-order chi connectivity index (χ1) is 11.1. The van der Waals surface area contributed by atoms with Gasteiger partial charge in [-0.25, -0.2) is 0 Å². The van der Waals surface area contributed by atoms with Gasteiger partial charge in [0.1, 0.15) is 0 Å². The Labute approximate surface area is 139 Å². The Balaban J connectivity index is 1.83. The summed E-state index contributed by atoms with van der Waals surface area (Å²) in [5.41, 5.74) is 0.368. The fourth-order valence-corrected chi connectivity index (χ4v) is 2.12. The van der Waals surface area contributed by atoms with E-state index in [2.05, 4.69) is 5.32 Å². The van der Waals surface area contributed by atoms with E-state index in [0.717, 1.165) is 0 Å². The minimum Gasteiger partial charge on any atom is -0.493 e. The van der Waals surface area contributed by atoms with Crippen LogP contribution in [-0.4, -0.2) is 25.5 Å². The molecule has 0 radical (unpaired) electrons. The summed E-state index contributed by atoms with van der Waals surface area (Å²) in [6.07, 6.45) is 0.0360. The van der Waals surface area contributed by atoms with Crippen LogP contribution in [0.4, 0.5) is 0 Å². The molecule has 0 spiro atoms. The molecular formula is C17H16ClNO4. The maximum absolute atomic E-state index is 11.9. The number of methoxy groups -OCH3 is 1. The van der Waals surface area contributed by atoms with Gasteiger partial charge in [0.15, 0.2) is 11.5 Å². The van der Waals surface area contributed by atoms with Crippen molar-refractivity contribution in [2.75, 3.05) is 13.7 Å². The number of hydrogen-bond acceptors (Lipinski definition) is 4. The molecule has 0 bridgehead atoms. The van der Waals surface area contributed by atoms with Gasteiger partial charge in [-0.3, -0.25) is 9.59 Å². The van der Waals surface area contributed by atoms with Crippen molar-refractivity contribution in [3.63, 3.8) is 0 Å². The van der Waals surface area contributed by atoms with E-state index >= 15 is 0 Å². The molecule has 0 fully saturated rings. The van der Waals surface area contributed by atoms with Crippen LogP contribution in [-0.2, 0) is 4.79 Å². The predicted octanol–water partition coefficient (Wildman–Crippen LogP) is 3.07. The SMILES string of the molecule is COc1ccccc1OC(=O)CCNC(=O)c1ccccc1Cl. The summed E-state index contributed by atoms with van der Waals surface area (Å²) in [6.45, 7) is 0.151. The summed E-state index contributed by atoms with van der Waals surface area (Å²) < 4.78 is 10.3. The Morgan fingerprint density at radius 2 is 1.70 bits per heavy atom. The van der Waals surface area contributed by atoms with Gasteiger partial charge in [0.25, 0.3) is 5.91 Å². The standard InChI is InChI=1S/C17H16ClNO4/c1-22-14-8-4-5-9-15(14)23-16(20)10-11-19-17(21)12-6-2-3-7-13(12)18/h2-9H,10-11H2,1H3,(H,19,21). The van der Waals surface area contributed by atoms with Crippen LogP contribution in [0.3, 0.4) is 0 Å². The molecule has 2 aromatic rings. The van der Waals surface area contributed by atoms with Gasteiger partial charge in [-0.2, -0.15) is 0 Å². The number of carbonyl (C=O) groups is 2. The highest BCUT2D eigenvalue weighted by atomic mass is 35.5. The van der Waals surface area contributed by atoms with Crippen molar-refractivity contribution in [3.05, 3.63) is 59.1 Å². The molecular weight excluding hydrogens is 318 g/mol. The van der Waals surface area contributed by atoms with Crippen molar-refractivity contribution >= 4 is 23.5 Å². The number of para-hydroxylation sites is 2. The van der Waals surface area contributed by atoms with Gasteiger partial charge in [0.05, 0.1) is 24.1 Å². The molecule has 0 aliphatic rings. The van der Waals surface area contributed by atoms with Crippen molar-refractivity contribution in [1.82, 2.24) is 5.32 Å². The first-order valence-electron chi connectivity index (χ1n) is 6.98. The summed E-state index contributed by atoms with van der Waals surface area (Å²) in [5.74, 6) is 0.0213. The van der Waals surface area contributed by atoms with Gasteiger partial charge in [-0.1, -0.05) is 35.9 Å². The third-order valence-electron chi connectivity index (χ3n) is 3.03. The fraction of sp³-hybridized carbons (Fsp3) is 0.176. The van der Waals surface area contributed by atoms with Crippen LogP contribution in [0.2, 0.25) is 5.02 Å². The smallest absolute Gasteiger partial charge is 0.313 e. The normalized spacial score (nSPS) is 10.0. The molecule has 2 rings (SSSR count).